The van der Waals surface area contributed by atoms with Crippen LogP contribution in [0.15, 0.2) is 0 Å². The van der Waals surface area contributed by atoms with Crippen LogP contribution in [0.1, 0.15) is 124 Å². The minimum atomic E-state index is 0.218. The molecule has 0 bridgehead atoms. The first-order chi connectivity index (χ1) is 15.6. The summed E-state index contributed by atoms with van der Waals surface area (Å²) in [6.07, 6.45) is 21.7. The molecule has 0 aliphatic heterocycles. The fourth-order valence-corrected chi connectivity index (χ4v) is 4.06. The van der Waals surface area contributed by atoms with Crippen LogP contribution in [0.25, 0.3) is 0 Å². The van der Waals surface area contributed by atoms with Crippen LogP contribution < -0.4 is 21.7 Å². The van der Waals surface area contributed by atoms with E-state index in [1.807, 2.05) is 6.92 Å². The fraction of sp³-hybridized carbons (Fsp3) is 1.00. The Morgan fingerprint density at radius 1 is 0.531 bits per heavy atom. The van der Waals surface area contributed by atoms with Gasteiger partial charge < -0.3 is 26.8 Å². The second-order valence-electron chi connectivity index (χ2n) is 10.2. The summed E-state index contributed by atoms with van der Waals surface area (Å²) in [5, 5.41) is 19.4. The largest absolute Gasteiger partial charge is 0.396 e. The first kappa shape index (κ1) is 31.8. The van der Waals surface area contributed by atoms with E-state index in [4.69, 9.17) is 10.8 Å². The summed E-state index contributed by atoms with van der Waals surface area (Å²) in [7, 11) is 0. The zero-order chi connectivity index (χ0) is 23.7. The topological polar surface area (TPSA) is 82.3 Å². The Labute approximate surface area is 201 Å². The zero-order valence-corrected chi connectivity index (χ0v) is 22.1. The maximum absolute atomic E-state index is 8.76. The van der Waals surface area contributed by atoms with Gasteiger partial charge in [0.2, 0.25) is 0 Å². The Morgan fingerprint density at radius 3 is 1.34 bits per heavy atom. The van der Waals surface area contributed by atoms with E-state index in [1.165, 1.54) is 96.3 Å². The van der Waals surface area contributed by atoms with E-state index >= 15 is 0 Å². The molecule has 0 amide bonds. The summed E-state index contributed by atoms with van der Waals surface area (Å²) in [5.41, 5.74) is 5.78. The summed E-state index contributed by atoms with van der Waals surface area (Å²) in [5.74, 6) is 0. The van der Waals surface area contributed by atoms with Crippen LogP contribution in [0, 0.1) is 0 Å². The van der Waals surface area contributed by atoms with Gasteiger partial charge in [0.05, 0.1) is 0 Å². The standard InChI is InChI=1S/C27H60N4O/c1-25(28)22-30-27(3)24-31-26(2)23-29-20-18-16-14-12-10-8-6-4-5-7-9-11-13-15-17-19-21-32/h25-27,29-32H,4-24,28H2,1-3H3. The number of hydrogen-bond donors (Lipinski definition) is 5. The van der Waals surface area contributed by atoms with Gasteiger partial charge >= 0.3 is 0 Å². The maximum Gasteiger partial charge on any atom is 0.0431 e. The van der Waals surface area contributed by atoms with Gasteiger partial charge in [0.25, 0.3) is 0 Å². The lowest BCUT2D eigenvalue weighted by atomic mass is 10.0. The summed E-state index contributed by atoms with van der Waals surface area (Å²) < 4.78 is 0. The van der Waals surface area contributed by atoms with Crippen molar-refractivity contribution in [1.82, 2.24) is 16.0 Å². The predicted molar refractivity (Wildman–Crippen MR) is 142 cm³/mol. The van der Waals surface area contributed by atoms with Gasteiger partial charge in [0.15, 0.2) is 0 Å². The first-order valence-corrected chi connectivity index (χ1v) is 14.1. The normalized spacial score (nSPS) is 14.5. The minimum Gasteiger partial charge on any atom is -0.396 e. The number of rotatable bonds is 26. The van der Waals surface area contributed by atoms with Crippen LogP contribution in [0.5, 0.6) is 0 Å². The Morgan fingerprint density at radius 2 is 0.906 bits per heavy atom. The van der Waals surface area contributed by atoms with E-state index in [2.05, 4.69) is 29.8 Å². The van der Waals surface area contributed by atoms with Gasteiger partial charge in [-0.3, -0.25) is 0 Å². The summed E-state index contributed by atoms with van der Waals surface area (Å²) in [4.78, 5) is 0. The summed E-state index contributed by atoms with van der Waals surface area (Å²) in [6, 6.07) is 1.18. The van der Waals surface area contributed by atoms with Crippen LogP contribution in [-0.4, -0.2) is 56.0 Å². The van der Waals surface area contributed by atoms with Crippen molar-refractivity contribution < 1.29 is 5.11 Å². The third kappa shape index (κ3) is 26.1. The molecule has 5 nitrogen and oxygen atoms in total. The Bertz CT molecular complexity index is 355. The molecular weight excluding hydrogens is 396 g/mol. The highest BCUT2D eigenvalue weighted by atomic mass is 16.2. The highest BCUT2D eigenvalue weighted by molar-refractivity contribution is 4.71. The molecule has 0 saturated carbocycles. The number of aliphatic hydroxyl groups is 1. The van der Waals surface area contributed by atoms with Gasteiger partial charge in [-0.25, -0.2) is 0 Å². The van der Waals surface area contributed by atoms with Crippen molar-refractivity contribution in [2.75, 3.05) is 32.8 Å². The van der Waals surface area contributed by atoms with E-state index in [0.717, 1.165) is 32.6 Å². The molecule has 0 saturated heterocycles. The molecule has 32 heavy (non-hydrogen) atoms. The van der Waals surface area contributed by atoms with Gasteiger partial charge in [0.1, 0.15) is 0 Å². The van der Waals surface area contributed by atoms with E-state index < -0.39 is 0 Å². The Hall–Kier alpha value is -0.200. The lowest BCUT2D eigenvalue weighted by Crippen LogP contribution is -2.45. The molecular formula is C27H60N4O. The average molecular weight is 457 g/mol. The molecule has 3 unspecified atom stereocenters. The maximum atomic E-state index is 8.76. The monoisotopic (exact) mass is 456 g/mol. The molecule has 6 N–H and O–H groups in total. The molecule has 194 valence electrons. The van der Waals surface area contributed by atoms with Crippen LogP contribution in [-0.2, 0) is 0 Å². The molecule has 0 aromatic carbocycles. The van der Waals surface area contributed by atoms with Crippen molar-refractivity contribution in [2.45, 2.75) is 142 Å². The average Bonchev–Trinajstić information content (AvgIpc) is 2.77. The van der Waals surface area contributed by atoms with Gasteiger partial charge in [-0.05, 0) is 40.2 Å². The molecule has 0 aromatic heterocycles. The Balaban J connectivity index is 3.18. The van der Waals surface area contributed by atoms with Gasteiger partial charge in [0, 0.05) is 44.4 Å². The molecule has 0 aliphatic rings. The highest BCUT2D eigenvalue weighted by Gasteiger charge is 2.05. The van der Waals surface area contributed by atoms with E-state index in [0.29, 0.717) is 18.7 Å². The zero-order valence-electron chi connectivity index (χ0n) is 22.1. The number of nitrogens with one attached hydrogen (secondary N) is 3. The summed E-state index contributed by atoms with van der Waals surface area (Å²) >= 11 is 0. The molecule has 0 aromatic rings. The quantitative estimate of drug-likeness (QED) is 0.117. The lowest BCUT2D eigenvalue weighted by Gasteiger charge is -2.20. The number of hydrogen-bond acceptors (Lipinski definition) is 5. The predicted octanol–water partition coefficient (Wildman–Crippen LogP) is 5.11. The SMILES string of the molecule is CC(N)CNC(C)CNC(C)CNCCCCCCCCCCCCCCCCCCO. The number of nitrogens with two attached hydrogens (primary N) is 1. The number of unbranched alkanes of at least 4 members (excludes halogenated alkanes) is 15. The van der Waals surface area contributed by atoms with Crippen molar-refractivity contribution >= 4 is 0 Å². The summed E-state index contributed by atoms with van der Waals surface area (Å²) in [6.45, 7) is 10.9. The smallest absolute Gasteiger partial charge is 0.0431 e. The van der Waals surface area contributed by atoms with E-state index in [1.54, 1.807) is 0 Å². The molecule has 0 spiro atoms. The van der Waals surface area contributed by atoms with Gasteiger partial charge in [-0.2, -0.15) is 0 Å². The van der Waals surface area contributed by atoms with Crippen molar-refractivity contribution in [2.24, 2.45) is 5.73 Å². The molecule has 0 rings (SSSR count). The first-order valence-electron chi connectivity index (χ1n) is 14.1. The molecule has 3 atom stereocenters. The van der Waals surface area contributed by atoms with E-state index in [9.17, 15) is 0 Å². The lowest BCUT2D eigenvalue weighted by molar-refractivity contribution is 0.282. The van der Waals surface area contributed by atoms with Crippen LogP contribution in [0.4, 0.5) is 0 Å². The van der Waals surface area contributed by atoms with Gasteiger partial charge in [-0.1, -0.05) is 89.9 Å². The van der Waals surface area contributed by atoms with Crippen molar-refractivity contribution in [3.8, 4) is 0 Å². The van der Waals surface area contributed by atoms with Crippen molar-refractivity contribution in [3.63, 3.8) is 0 Å². The van der Waals surface area contributed by atoms with Gasteiger partial charge in [-0.15, -0.1) is 0 Å². The van der Waals surface area contributed by atoms with Crippen molar-refractivity contribution in [3.05, 3.63) is 0 Å². The Kier molecular flexibility index (Phi) is 25.3. The molecule has 0 aliphatic carbocycles. The van der Waals surface area contributed by atoms with E-state index in [-0.39, 0.29) is 6.04 Å². The third-order valence-electron chi connectivity index (χ3n) is 6.27. The molecule has 0 radical (unpaired) electrons. The molecule has 0 fully saturated rings. The minimum absolute atomic E-state index is 0.218. The second-order valence-corrected chi connectivity index (χ2v) is 10.2. The fourth-order valence-electron chi connectivity index (χ4n) is 4.06. The second kappa shape index (κ2) is 25.4. The molecule has 0 heterocycles. The third-order valence-corrected chi connectivity index (χ3v) is 6.27. The van der Waals surface area contributed by atoms with Crippen LogP contribution >= 0.6 is 0 Å². The van der Waals surface area contributed by atoms with Crippen LogP contribution in [0.2, 0.25) is 0 Å². The van der Waals surface area contributed by atoms with Crippen molar-refractivity contribution in [1.29, 1.82) is 0 Å². The number of aliphatic hydroxyl groups excluding tert-OH is 1. The highest BCUT2D eigenvalue weighted by Crippen LogP contribution is 2.13. The molecule has 5 heteroatoms. The van der Waals surface area contributed by atoms with Crippen LogP contribution in [0.3, 0.4) is 0 Å².